The van der Waals surface area contributed by atoms with E-state index in [4.69, 9.17) is 0 Å². The zero-order chi connectivity index (χ0) is 15.9. The van der Waals surface area contributed by atoms with Gasteiger partial charge in [-0.15, -0.1) is 0 Å². The molecule has 0 aliphatic carbocycles. The second kappa shape index (κ2) is 7.81. The van der Waals surface area contributed by atoms with Gasteiger partial charge in [0.1, 0.15) is 18.0 Å². The normalized spacial score (nSPS) is 11.1. The number of nitrogens with one attached hydrogen (secondary N) is 3. The standard InChI is InChI=1S/C15H27N5O/c1-6-8-17-12-11(7-2)13(20-10-19-12)18-9-15(3,4)14(21)16-5/h10H,6-9H2,1-5H3,(H,16,21)(H2,17,18,19,20). The summed E-state index contributed by atoms with van der Waals surface area (Å²) in [7, 11) is 1.65. The topological polar surface area (TPSA) is 78.9 Å². The molecule has 1 rings (SSSR count). The van der Waals surface area contributed by atoms with Crippen LogP contribution in [0, 0.1) is 5.41 Å². The summed E-state index contributed by atoms with van der Waals surface area (Å²) in [5, 5.41) is 9.28. The molecular weight excluding hydrogens is 266 g/mol. The molecule has 6 nitrogen and oxygen atoms in total. The van der Waals surface area contributed by atoms with E-state index in [0.29, 0.717) is 6.54 Å². The Bertz CT molecular complexity index is 473. The zero-order valence-electron chi connectivity index (χ0n) is 13.7. The first-order valence-electron chi connectivity index (χ1n) is 7.50. The molecule has 0 radical (unpaired) electrons. The van der Waals surface area contributed by atoms with Gasteiger partial charge >= 0.3 is 0 Å². The quantitative estimate of drug-likeness (QED) is 0.683. The first-order valence-corrected chi connectivity index (χ1v) is 7.50. The maximum atomic E-state index is 11.8. The number of carbonyl (C=O) groups is 1. The van der Waals surface area contributed by atoms with Gasteiger partial charge in [0.25, 0.3) is 0 Å². The number of carbonyl (C=O) groups excluding carboxylic acids is 1. The van der Waals surface area contributed by atoms with Crippen molar-refractivity contribution in [2.24, 2.45) is 5.41 Å². The summed E-state index contributed by atoms with van der Waals surface area (Å²) >= 11 is 0. The van der Waals surface area contributed by atoms with Crippen molar-refractivity contribution < 1.29 is 4.79 Å². The van der Waals surface area contributed by atoms with Crippen molar-refractivity contribution in [3.8, 4) is 0 Å². The summed E-state index contributed by atoms with van der Waals surface area (Å²) in [5.41, 5.74) is 0.556. The highest BCUT2D eigenvalue weighted by Gasteiger charge is 2.26. The van der Waals surface area contributed by atoms with Crippen LogP contribution in [-0.4, -0.2) is 36.0 Å². The molecule has 0 saturated carbocycles. The van der Waals surface area contributed by atoms with Gasteiger partial charge in [-0.2, -0.15) is 0 Å². The Morgan fingerprint density at radius 3 is 2.33 bits per heavy atom. The fourth-order valence-corrected chi connectivity index (χ4v) is 2.02. The zero-order valence-corrected chi connectivity index (χ0v) is 13.7. The van der Waals surface area contributed by atoms with Gasteiger partial charge < -0.3 is 16.0 Å². The molecule has 0 aliphatic heterocycles. The largest absolute Gasteiger partial charge is 0.370 e. The van der Waals surface area contributed by atoms with Crippen LogP contribution in [0.3, 0.4) is 0 Å². The molecule has 0 aliphatic rings. The van der Waals surface area contributed by atoms with Crippen molar-refractivity contribution in [1.82, 2.24) is 15.3 Å². The summed E-state index contributed by atoms with van der Waals surface area (Å²) < 4.78 is 0. The van der Waals surface area contributed by atoms with Crippen LogP contribution in [0.15, 0.2) is 6.33 Å². The van der Waals surface area contributed by atoms with Crippen LogP contribution in [0.5, 0.6) is 0 Å². The third-order valence-electron chi connectivity index (χ3n) is 3.38. The third kappa shape index (κ3) is 4.58. The van der Waals surface area contributed by atoms with Crippen molar-refractivity contribution in [2.75, 3.05) is 30.8 Å². The first kappa shape index (κ1) is 17.2. The van der Waals surface area contributed by atoms with Gasteiger partial charge in [0, 0.05) is 25.7 Å². The molecule has 1 aromatic rings. The lowest BCUT2D eigenvalue weighted by Crippen LogP contribution is -2.39. The molecule has 0 atom stereocenters. The van der Waals surface area contributed by atoms with Crippen molar-refractivity contribution in [1.29, 1.82) is 0 Å². The maximum absolute atomic E-state index is 11.8. The van der Waals surface area contributed by atoms with Crippen molar-refractivity contribution in [3.63, 3.8) is 0 Å². The minimum Gasteiger partial charge on any atom is -0.370 e. The van der Waals surface area contributed by atoms with Crippen LogP contribution in [0.25, 0.3) is 0 Å². The number of rotatable bonds is 8. The fraction of sp³-hybridized carbons (Fsp3) is 0.667. The molecule has 0 saturated heterocycles. The van der Waals surface area contributed by atoms with Crippen LogP contribution in [0.1, 0.15) is 39.7 Å². The molecule has 1 amide bonds. The molecule has 1 aromatic heterocycles. The molecule has 0 aromatic carbocycles. The molecule has 0 fully saturated rings. The van der Waals surface area contributed by atoms with Crippen LogP contribution < -0.4 is 16.0 Å². The number of anilines is 2. The van der Waals surface area contributed by atoms with Gasteiger partial charge in [-0.3, -0.25) is 4.79 Å². The Morgan fingerprint density at radius 2 is 1.81 bits per heavy atom. The molecule has 1 heterocycles. The van der Waals surface area contributed by atoms with Crippen molar-refractivity contribution >= 4 is 17.5 Å². The fourth-order valence-electron chi connectivity index (χ4n) is 2.02. The molecule has 118 valence electrons. The van der Waals surface area contributed by atoms with Gasteiger partial charge in [0.15, 0.2) is 0 Å². The Balaban J connectivity index is 2.86. The van der Waals surface area contributed by atoms with Crippen LogP contribution >= 0.6 is 0 Å². The summed E-state index contributed by atoms with van der Waals surface area (Å²) in [5.74, 6) is 1.67. The lowest BCUT2D eigenvalue weighted by atomic mass is 9.92. The third-order valence-corrected chi connectivity index (χ3v) is 3.38. The smallest absolute Gasteiger partial charge is 0.227 e. The van der Waals surface area contributed by atoms with E-state index in [2.05, 4.69) is 39.8 Å². The van der Waals surface area contributed by atoms with Gasteiger partial charge in [-0.1, -0.05) is 13.8 Å². The molecule has 0 bridgehead atoms. The minimum atomic E-state index is -0.498. The van der Waals surface area contributed by atoms with E-state index in [-0.39, 0.29) is 5.91 Å². The molecule has 6 heteroatoms. The number of nitrogens with zero attached hydrogens (tertiary/aromatic N) is 2. The predicted octanol–water partition coefficient (Wildman–Crippen LogP) is 2.04. The maximum Gasteiger partial charge on any atom is 0.227 e. The Morgan fingerprint density at radius 1 is 1.19 bits per heavy atom. The number of hydrogen-bond donors (Lipinski definition) is 3. The van der Waals surface area contributed by atoms with Gasteiger partial charge in [0.05, 0.1) is 5.41 Å². The summed E-state index contributed by atoms with van der Waals surface area (Å²) in [6.07, 6.45) is 3.42. The summed E-state index contributed by atoms with van der Waals surface area (Å²) in [6, 6.07) is 0. The van der Waals surface area contributed by atoms with Crippen LogP contribution in [-0.2, 0) is 11.2 Å². The number of amides is 1. The highest BCUT2D eigenvalue weighted by atomic mass is 16.2. The van der Waals surface area contributed by atoms with Gasteiger partial charge in [-0.25, -0.2) is 9.97 Å². The summed E-state index contributed by atoms with van der Waals surface area (Å²) in [6.45, 7) is 9.40. The Hall–Kier alpha value is -1.85. The predicted molar refractivity (Wildman–Crippen MR) is 86.5 cm³/mol. The first-order chi connectivity index (χ1) is 9.96. The minimum absolute atomic E-state index is 0.00596. The molecule has 0 spiro atoms. The monoisotopic (exact) mass is 293 g/mol. The van der Waals surface area contributed by atoms with E-state index in [9.17, 15) is 4.79 Å². The number of aromatic nitrogens is 2. The molecular formula is C15H27N5O. The highest BCUT2D eigenvalue weighted by molar-refractivity contribution is 5.82. The van der Waals surface area contributed by atoms with Crippen molar-refractivity contribution in [2.45, 2.75) is 40.5 Å². The average molecular weight is 293 g/mol. The van der Waals surface area contributed by atoms with Gasteiger partial charge in [0.2, 0.25) is 5.91 Å². The second-order valence-corrected chi connectivity index (χ2v) is 5.65. The van der Waals surface area contributed by atoms with Crippen LogP contribution in [0.4, 0.5) is 11.6 Å². The molecule has 3 N–H and O–H groups in total. The Labute approximate surface area is 127 Å². The Kier molecular flexibility index (Phi) is 6.39. The highest BCUT2D eigenvalue weighted by Crippen LogP contribution is 2.23. The van der Waals surface area contributed by atoms with E-state index < -0.39 is 5.41 Å². The lowest BCUT2D eigenvalue weighted by Gasteiger charge is -2.24. The van der Waals surface area contributed by atoms with E-state index in [1.54, 1.807) is 13.4 Å². The number of hydrogen-bond acceptors (Lipinski definition) is 5. The van der Waals surface area contributed by atoms with Gasteiger partial charge in [-0.05, 0) is 26.7 Å². The second-order valence-electron chi connectivity index (χ2n) is 5.65. The summed E-state index contributed by atoms with van der Waals surface area (Å²) in [4.78, 5) is 20.4. The molecule has 21 heavy (non-hydrogen) atoms. The SMILES string of the molecule is CCCNc1ncnc(NCC(C)(C)C(=O)NC)c1CC. The lowest BCUT2D eigenvalue weighted by molar-refractivity contribution is -0.128. The van der Waals surface area contributed by atoms with E-state index >= 15 is 0 Å². The van der Waals surface area contributed by atoms with E-state index in [1.165, 1.54) is 0 Å². The molecule has 0 unspecified atom stereocenters. The van der Waals surface area contributed by atoms with Crippen LogP contribution in [0.2, 0.25) is 0 Å². The van der Waals surface area contributed by atoms with Crippen molar-refractivity contribution in [3.05, 3.63) is 11.9 Å². The van der Waals surface area contributed by atoms with E-state index in [1.807, 2.05) is 13.8 Å². The van der Waals surface area contributed by atoms with E-state index in [0.717, 1.165) is 36.6 Å². The average Bonchev–Trinajstić information content (AvgIpc) is 2.49.